The van der Waals surface area contributed by atoms with Crippen molar-refractivity contribution in [3.63, 3.8) is 0 Å². The van der Waals surface area contributed by atoms with Crippen molar-refractivity contribution in [1.82, 2.24) is 24.9 Å². The molecule has 0 aliphatic heterocycles. The van der Waals surface area contributed by atoms with Gasteiger partial charge in [-0.05, 0) is 34.7 Å². The Morgan fingerprint density at radius 1 is 1.04 bits per heavy atom. The molecule has 0 radical (unpaired) electrons. The molecule has 1 aromatic heterocycles. The molecule has 1 N–H and O–H groups in total. The summed E-state index contributed by atoms with van der Waals surface area (Å²) in [5.41, 5.74) is 0.143. The minimum atomic E-state index is -3.94. The van der Waals surface area contributed by atoms with Crippen LogP contribution in [0.15, 0.2) is 41.3 Å². The molecule has 148 valence electrons. The molecule has 0 amide bonds. The van der Waals surface area contributed by atoms with E-state index < -0.39 is 21.7 Å². The molecular formula is C16H15F2N5O4S. The van der Waals surface area contributed by atoms with Gasteiger partial charge in [-0.25, -0.2) is 21.9 Å². The summed E-state index contributed by atoms with van der Waals surface area (Å²) in [5, 5.41) is 10.8. The van der Waals surface area contributed by atoms with Gasteiger partial charge in [0.2, 0.25) is 10.0 Å². The van der Waals surface area contributed by atoms with E-state index in [0.717, 1.165) is 16.8 Å². The van der Waals surface area contributed by atoms with Crippen molar-refractivity contribution in [2.45, 2.75) is 11.4 Å². The lowest BCUT2D eigenvalue weighted by atomic mass is 10.3. The van der Waals surface area contributed by atoms with Crippen molar-refractivity contribution in [3.05, 3.63) is 53.9 Å². The summed E-state index contributed by atoms with van der Waals surface area (Å²) in [4.78, 5) is -0.0583. The van der Waals surface area contributed by atoms with Crippen LogP contribution < -0.4 is 14.2 Å². The van der Waals surface area contributed by atoms with Crippen molar-refractivity contribution in [1.29, 1.82) is 0 Å². The highest BCUT2D eigenvalue weighted by Crippen LogP contribution is 2.29. The third-order valence-corrected chi connectivity index (χ3v) is 5.17. The fraction of sp³-hybridized carbons (Fsp3) is 0.188. The quantitative estimate of drug-likeness (QED) is 0.627. The molecule has 0 spiro atoms. The van der Waals surface area contributed by atoms with Crippen LogP contribution in [0.25, 0.3) is 5.69 Å². The maximum atomic E-state index is 13.4. The number of hydrogen-bond donors (Lipinski definition) is 1. The summed E-state index contributed by atoms with van der Waals surface area (Å²) in [7, 11) is -1.12. The van der Waals surface area contributed by atoms with E-state index in [4.69, 9.17) is 9.47 Å². The van der Waals surface area contributed by atoms with Crippen LogP contribution in [0.1, 0.15) is 5.82 Å². The van der Waals surface area contributed by atoms with Gasteiger partial charge in [0.25, 0.3) is 0 Å². The number of hydrogen-bond acceptors (Lipinski definition) is 7. The second kappa shape index (κ2) is 7.86. The summed E-state index contributed by atoms with van der Waals surface area (Å²) < 4.78 is 65.3. The molecule has 3 rings (SSSR count). The highest BCUT2D eigenvalue weighted by molar-refractivity contribution is 7.89. The van der Waals surface area contributed by atoms with Gasteiger partial charge in [-0.2, -0.15) is 4.68 Å². The van der Waals surface area contributed by atoms with E-state index >= 15 is 0 Å². The van der Waals surface area contributed by atoms with Crippen LogP contribution in [0, 0.1) is 11.6 Å². The van der Waals surface area contributed by atoms with E-state index in [-0.39, 0.29) is 28.7 Å². The zero-order chi connectivity index (χ0) is 20.3. The fourth-order valence-electron chi connectivity index (χ4n) is 2.36. The number of nitrogens with one attached hydrogen (secondary N) is 1. The molecule has 0 fully saturated rings. The predicted molar refractivity (Wildman–Crippen MR) is 92.6 cm³/mol. The number of methoxy groups -OCH3 is 2. The van der Waals surface area contributed by atoms with Gasteiger partial charge in [0, 0.05) is 12.1 Å². The minimum Gasteiger partial charge on any atom is -0.493 e. The molecule has 0 aliphatic rings. The molecule has 0 unspecified atom stereocenters. The van der Waals surface area contributed by atoms with Crippen LogP contribution in [0.5, 0.6) is 11.5 Å². The highest BCUT2D eigenvalue weighted by atomic mass is 32.2. The third-order valence-electron chi connectivity index (χ3n) is 3.77. The maximum Gasteiger partial charge on any atom is 0.241 e. The largest absolute Gasteiger partial charge is 0.493 e. The molecule has 12 heteroatoms. The minimum absolute atomic E-state index is 0.0583. The van der Waals surface area contributed by atoms with Crippen LogP contribution in [0.4, 0.5) is 8.78 Å². The van der Waals surface area contributed by atoms with E-state index in [9.17, 15) is 17.2 Å². The van der Waals surface area contributed by atoms with Gasteiger partial charge < -0.3 is 9.47 Å². The second-order valence-corrected chi connectivity index (χ2v) is 7.21. The third kappa shape index (κ3) is 3.92. The van der Waals surface area contributed by atoms with E-state index in [1.54, 1.807) is 0 Å². The summed E-state index contributed by atoms with van der Waals surface area (Å²) in [6.07, 6.45) is 0. The number of halogens is 2. The highest BCUT2D eigenvalue weighted by Gasteiger charge is 2.19. The Morgan fingerprint density at radius 3 is 2.46 bits per heavy atom. The number of rotatable bonds is 7. The number of nitrogens with zero attached hydrogens (tertiary/aromatic N) is 4. The molecule has 0 aliphatic carbocycles. The number of aromatic nitrogens is 4. The first-order valence-corrected chi connectivity index (χ1v) is 9.28. The topological polar surface area (TPSA) is 108 Å². The standard InChI is InChI=1S/C16H15F2N5O4S/c1-26-14-6-4-11(8-15(14)27-2)28(24,25)19-9-16-20-21-22-23(16)10-3-5-12(17)13(18)7-10/h3-8,19H,9H2,1-2H3. The van der Waals surface area contributed by atoms with E-state index in [1.165, 1.54) is 38.5 Å². The van der Waals surface area contributed by atoms with Crippen LogP contribution in [-0.4, -0.2) is 42.8 Å². The molecule has 0 bridgehead atoms. The first-order chi connectivity index (χ1) is 13.4. The molecule has 9 nitrogen and oxygen atoms in total. The van der Waals surface area contributed by atoms with E-state index in [1.807, 2.05) is 0 Å². The Morgan fingerprint density at radius 2 is 1.79 bits per heavy atom. The molecular weight excluding hydrogens is 396 g/mol. The number of benzene rings is 2. The van der Waals surface area contributed by atoms with E-state index in [2.05, 4.69) is 20.2 Å². The van der Waals surface area contributed by atoms with Crippen LogP contribution in [-0.2, 0) is 16.6 Å². The normalized spacial score (nSPS) is 11.4. The Kier molecular flexibility index (Phi) is 5.51. The Balaban J connectivity index is 1.83. The maximum absolute atomic E-state index is 13.4. The lowest BCUT2D eigenvalue weighted by molar-refractivity contribution is 0.354. The molecule has 2 aromatic carbocycles. The fourth-order valence-corrected chi connectivity index (χ4v) is 3.36. The zero-order valence-electron chi connectivity index (χ0n) is 14.8. The lowest BCUT2D eigenvalue weighted by Gasteiger charge is -2.11. The average Bonchev–Trinajstić information content (AvgIpc) is 3.16. The number of tetrazole rings is 1. The molecule has 0 saturated heterocycles. The van der Waals surface area contributed by atoms with Gasteiger partial charge in [0.15, 0.2) is 29.0 Å². The number of sulfonamides is 1. The molecule has 1 heterocycles. The van der Waals surface area contributed by atoms with Crippen molar-refractivity contribution in [2.24, 2.45) is 0 Å². The second-order valence-electron chi connectivity index (χ2n) is 5.45. The average molecular weight is 411 g/mol. The monoisotopic (exact) mass is 411 g/mol. The smallest absolute Gasteiger partial charge is 0.241 e. The van der Waals surface area contributed by atoms with Gasteiger partial charge in [-0.15, -0.1) is 5.10 Å². The van der Waals surface area contributed by atoms with Gasteiger partial charge >= 0.3 is 0 Å². The van der Waals surface area contributed by atoms with Gasteiger partial charge in [-0.1, -0.05) is 0 Å². The molecule has 28 heavy (non-hydrogen) atoms. The SMILES string of the molecule is COc1ccc(S(=O)(=O)NCc2nnnn2-c2ccc(F)c(F)c2)cc1OC. The van der Waals surface area contributed by atoms with Crippen molar-refractivity contribution in [2.75, 3.05) is 14.2 Å². The molecule has 3 aromatic rings. The van der Waals surface area contributed by atoms with Gasteiger partial charge in [0.1, 0.15) is 0 Å². The lowest BCUT2D eigenvalue weighted by Crippen LogP contribution is -2.25. The van der Waals surface area contributed by atoms with Crippen LogP contribution in [0.3, 0.4) is 0 Å². The number of ether oxygens (including phenoxy) is 2. The zero-order valence-corrected chi connectivity index (χ0v) is 15.6. The van der Waals surface area contributed by atoms with Crippen LogP contribution in [0.2, 0.25) is 0 Å². The summed E-state index contributed by atoms with van der Waals surface area (Å²) in [6.45, 7) is -0.289. The van der Waals surface area contributed by atoms with E-state index in [0.29, 0.717) is 5.75 Å². The molecule has 0 atom stereocenters. The molecule has 0 saturated carbocycles. The Bertz CT molecular complexity index is 1100. The van der Waals surface area contributed by atoms with Gasteiger partial charge in [-0.3, -0.25) is 0 Å². The Labute approximate surface area is 158 Å². The van der Waals surface area contributed by atoms with Crippen molar-refractivity contribution >= 4 is 10.0 Å². The summed E-state index contributed by atoms with van der Waals surface area (Å²) in [5.74, 6) is -1.40. The van der Waals surface area contributed by atoms with Gasteiger partial charge in [0.05, 0.1) is 31.3 Å². The first kappa shape index (κ1) is 19.6. The Hall–Kier alpha value is -3.12. The first-order valence-electron chi connectivity index (χ1n) is 7.80. The van der Waals surface area contributed by atoms with Crippen molar-refractivity contribution < 1.29 is 26.7 Å². The summed E-state index contributed by atoms with van der Waals surface area (Å²) in [6, 6.07) is 7.20. The van der Waals surface area contributed by atoms with Crippen molar-refractivity contribution in [3.8, 4) is 17.2 Å². The van der Waals surface area contributed by atoms with Crippen LogP contribution >= 0.6 is 0 Å². The summed E-state index contributed by atoms with van der Waals surface area (Å²) >= 11 is 0. The predicted octanol–water partition coefficient (Wildman–Crippen LogP) is 1.44.